The lowest BCUT2D eigenvalue weighted by Gasteiger charge is -2.34. The van der Waals surface area contributed by atoms with Crippen LogP contribution in [0.1, 0.15) is 33.1 Å². The van der Waals surface area contributed by atoms with Gasteiger partial charge in [0, 0.05) is 19.1 Å². The highest BCUT2D eigenvalue weighted by atomic mass is 32.2. The van der Waals surface area contributed by atoms with Gasteiger partial charge in [-0.15, -0.1) is 0 Å². The summed E-state index contributed by atoms with van der Waals surface area (Å²) in [4.78, 5) is 14.3. The second kappa shape index (κ2) is 6.41. The van der Waals surface area contributed by atoms with Gasteiger partial charge in [-0.2, -0.15) is 0 Å². The van der Waals surface area contributed by atoms with Gasteiger partial charge in [0.25, 0.3) is 0 Å². The average molecular weight is 303 g/mol. The maximum atomic E-state index is 12.4. The van der Waals surface area contributed by atoms with Gasteiger partial charge in [-0.05, 0) is 38.6 Å². The van der Waals surface area contributed by atoms with E-state index in [4.69, 9.17) is 0 Å². The number of nitrogens with zero attached hydrogens (tertiary/aromatic N) is 1. The summed E-state index contributed by atoms with van der Waals surface area (Å²) in [5, 5.41) is 3.26. The Hall–Kier alpha value is -0.660. The van der Waals surface area contributed by atoms with Crippen molar-refractivity contribution < 1.29 is 13.2 Å². The molecule has 0 spiro atoms. The summed E-state index contributed by atoms with van der Waals surface area (Å²) in [5.41, 5.74) is 0. The number of carbonyl (C=O) groups excluding carboxylic acids is 1. The van der Waals surface area contributed by atoms with Gasteiger partial charge >= 0.3 is 0 Å². The zero-order valence-electron chi connectivity index (χ0n) is 12.3. The molecule has 0 bridgehead atoms. The number of piperidine rings is 1. The lowest BCUT2D eigenvalue weighted by molar-refractivity contribution is -0.135. The number of hydrogen-bond donors (Lipinski definition) is 2. The molecule has 0 aromatic carbocycles. The summed E-state index contributed by atoms with van der Waals surface area (Å²) in [5.74, 6) is 0.668. The summed E-state index contributed by atoms with van der Waals surface area (Å²) in [6.45, 7) is 5.92. The fourth-order valence-electron chi connectivity index (χ4n) is 2.92. The smallest absolute Gasteiger partial charge is 0.239 e. The minimum Gasteiger partial charge on any atom is -0.341 e. The molecule has 2 saturated heterocycles. The van der Waals surface area contributed by atoms with Crippen molar-refractivity contribution in [2.45, 2.75) is 45.2 Å². The molecule has 0 aromatic rings. The number of amides is 1. The number of hydrogen-bond acceptors (Lipinski definition) is 4. The van der Waals surface area contributed by atoms with Gasteiger partial charge in [0.05, 0.1) is 11.8 Å². The molecule has 2 aliphatic heterocycles. The fourth-order valence-corrected chi connectivity index (χ4v) is 3.83. The van der Waals surface area contributed by atoms with E-state index in [1.54, 1.807) is 6.92 Å². The van der Waals surface area contributed by atoms with Crippen LogP contribution < -0.4 is 10.0 Å². The average Bonchev–Trinajstić information content (AvgIpc) is 2.85. The predicted molar refractivity (Wildman–Crippen MR) is 77.8 cm³/mol. The highest BCUT2D eigenvalue weighted by Crippen LogP contribution is 2.19. The second-order valence-corrected chi connectivity index (χ2v) is 7.86. The maximum absolute atomic E-state index is 12.4. The first-order valence-corrected chi connectivity index (χ1v) is 9.10. The maximum Gasteiger partial charge on any atom is 0.239 e. The molecular weight excluding hydrogens is 278 g/mol. The lowest BCUT2D eigenvalue weighted by atomic mass is 10.00. The van der Waals surface area contributed by atoms with Crippen LogP contribution in [0.5, 0.6) is 0 Å². The van der Waals surface area contributed by atoms with Crippen LogP contribution in [0.15, 0.2) is 0 Å². The van der Waals surface area contributed by atoms with E-state index in [2.05, 4.69) is 17.0 Å². The molecule has 2 N–H and O–H groups in total. The van der Waals surface area contributed by atoms with Crippen LogP contribution >= 0.6 is 0 Å². The number of carbonyl (C=O) groups is 1. The third-order valence-electron chi connectivity index (χ3n) is 4.33. The third kappa shape index (κ3) is 3.71. The summed E-state index contributed by atoms with van der Waals surface area (Å²) in [7, 11) is -3.15. The Morgan fingerprint density at radius 2 is 1.95 bits per heavy atom. The first kappa shape index (κ1) is 15.7. The minimum absolute atomic E-state index is 0.0297. The van der Waals surface area contributed by atoms with Crippen molar-refractivity contribution in [3.05, 3.63) is 0 Å². The molecule has 1 amide bonds. The van der Waals surface area contributed by atoms with Gasteiger partial charge in [-0.25, -0.2) is 13.1 Å². The largest absolute Gasteiger partial charge is 0.341 e. The molecule has 116 valence electrons. The molecule has 2 aliphatic rings. The molecule has 2 unspecified atom stereocenters. The number of rotatable bonds is 4. The Morgan fingerprint density at radius 1 is 1.30 bits per heavy atom. The van der Waals surface area contributed by atoms with Crippen LogP contribution in [0, 0.1) is 5.92 Å². The molecule has 0 saturated carbocycles. The van der Waals surface area contributed by atoms with Crippen LogP contribution in [-0.4, -0.2) is 56.7 Å². The Morgan fingerprint density at radius 3 is 2.45 bits per heavy atom. The van der Waals surface area contributed by atoms with Crippen LogP contribution in [0.4, 0.5) is 0 Å². The van der Waals surface area contributed by atoms with Gasteiger partial charge in [-0.3, -0.25) is 4.79 Å². The normalized spacial score (nSPS) is 28.8. The molecule has 0 aliphatic carbocycles. The monoisotopic (exact) mass is 303 g/mol. The molecule has 20 heavy (non-hydrogen) atoms. The van der Waals surface area contributed by atoms with Crippen molar-refractivity contribution in [2.75, 3.05) is 25.4 Å². The van der Waals surface area contributed by atoms with Gasteiger partial charge < -0.3 is 10.2 Å². The molecule has 2 heterocycles. The van der Waals surface area contributed by atoms with Gasteiger partial charge in [0.15, 0.2) is 0 Å². The Balaban J connectivity index is 1.83. The van der Waals surface area contributed by atoms with E-state index in [0.717, 1.165) is 13.0 Å². The van der Waals surface area contributed by atoms with Crippen molar-refractivity contribution >= 4 is 15.9 Å². The Kier molecular flexibility index (Phi) is 5.04. The number of likely N-dealkylation sites (tertiary alicyclic amines) is 1. The van der Waals surface area contributed by atoms with E-state index >= 15 is 0 Å². The van der Waals surface area contributed by atoms with E-state index in [1.807, 2.05) is 4.90 Å². The van der Waals surface area contributed by atoms with Crippen molar-refractivity contribution in [3.8, 4) is 0 Å². The van der Waals surface area contributed by atoms with Gasteiger partial charge in [0.2, 0.25) is 15.9 Å². The van der Waals surface area contributed by atoms with E-state index in [1.165, 1.54) is 0 Å². The molecule has 0 radical (unpaired) electrons. The summed E-state index contributed by atoms with van der Waals surface area (Å²) >= 11 is 0. The van der Waals surface area contributed by atoms with Crippen molar-refractivity contribution in [1.82, 2.24) is 14.9 Å². The van der Waals surface area contributed by atoms with Crippen LogP contribution in [0.25, 0.3) is 0 Å². The highest BCUT2D eigenvalue weighted by molar-refractivity contribution is 7.89. The molecule has 2 fully saturated rings. The highest BCUT2D eigenvalue weighted by Gasteiger charge is 2.34. The summed E-state index contributed by atoms with van der Waals surface area (Å²) < 4.78 is 25.8. The van der Waals surface area contributed by atoms with E-state index in [0.29, 0.717) is 31.8 Å². The van der Waals surface area contributed by atoms with E-state index in [9.17, 15) is 13.2 Å². The summed E-state index contributed by atoms with van der Waals surface area (Å²) in [6, 6.07) is -0.0863. The SMILES string of the molecule is CCS(=O)(=O)NC1CCN(C(=O)C2NCCC2C)CC1. The molecule has 2 atom stereocenters. The number of sulfonamides is 1. The predicted octanol–water partition coefficient (Wildman–Crippen LogP) is -0.0853. The zero-order chi connectivity index (χ0) is 14.8. The van der Waals surface area contributed by atoms with E-state index in [-0.39, 0.29) is 23.7 Å². The van der Waals surface area contributed by atoms with Crippen molar-refractivity contribution in [3.63, 3.8) is 0 Å². The van der Waals surface area contributed by atoms with Gasteiger partial charge in [-0.1, -0.05) is 6.92 Å². The Labute approximate surface area is 121 Å². The quantitative estimate of drug-likeness (QED) is 0.761. The van der Waals surface area contributed by atoms with Crippen LogP contribution in [-0.2, 0) is 14.8 Å². The van der Waals surface area contributed by atoms with E-state index < -0.39 is 10.0 Å². The molecule has 2 rings (SSSR count). The summed E-state index contributed by atoms with van der Waals surface area (Å²) in [6.07, 6.45) is 2.45. The first-order valence-electron chi connectivity index (χ1n) is 7.45. The lowest BCUT2D eigenvalue weighted by Crippen LogP contribution is -2.52. The second-order valence-electron chi connectivity index (χ2n) is 5.82. The minimum atomic E-state index is -3.15. The van der Waals surface area contributed by atoms with Crippen LogP contribution in [0.3, 0.4) is 0 Å². The standard InChI is InChI=1S/C13H25N3O3S/c1-3-20(18,19)15-11-5-8-16(9-6-11)13(17)12-10(2)4-7-14-12/h10-12,14-15H,3-9H2,1-2H3. The Bertz CT molecular complexity index is 444. The molecule has 7 heteroatoms. The van der Waals surface area contributed by atoms with Crippen molar-refractivity contribution in [2.24, 2.45) is 5.92 Å². The third-order valence-corrected chi connectivity index (χ3v) is 5.78. The number of nitrogens with one attached hydrogen (secondary N) is 2. The van der Waals surface area contributed by atoms with Gasteiger partial charge in [0.1, 0.15) is 0 Å². The zero-order valence-corrected chi connectivity index (χ0v) is 13.1. The topological polar surface area (TPSA) is 78.5 Å². The molecule has 0 aromatic heterocycles. The van der Waals surface area contributed by atoms with Crippen LogP contribution in [0.2, 0.25) is 0 Å². The molecular formula is C13H25N3O3S. The van der Waals surface area contributed by atoms with Crippen molar-refractivity contribution in [1.29, 1.82) is 0 Å². The fraction of sp³-hybridized carbons (Fsp3) is 0.923. The molecule has 6 nitrogen and oxygen atoms in total. The first-order chi connectivity index (χ1) is 9.43.